The molecule has 42 heavy (non-hydrogen) atoms. The normalized spacial score (nSPS) is 10.3. The van der Waals surface area contributed by atoms with Crippen molar-refractivity contribution in [2.24, 2.45) is 0 Å². The molecule has 0 saturated carbocycles. The molecule has 212 valence electrons. The van der Waals surface area contributed by atoms with E-state index in [1.54, 1.807) is 29.0 Å². The second-order valence-electron chi connectivity index (χ2n) is 9.06. The number of nitrogens with zero attached hydrogens (tertiary/aromatic N) is 3. The summed E-state index contributed by atoms with van der Waals surface area (Å²) in [6.07, 6.45) is 3.33. The number of nitrogens with two attached hydrogens (primary N) is 2. The Labute approximate surface area is 247 Å². The second kappa shape index (κ2) is 12.3. The van der Waals surface area contributed by atoms with Crippen LogP contribution in [0.25, 0.3) is 16.6 Å². The number of carboxylic acid groups (broad SMARTS) is 1. The number of carbonyl (C=O) groups is 1. The highest BCUT2D eigenvalue weighted by Gasteiger charge is 2.16. The number of pyridine rings is 1. The maximum Gasteiger partial charge on any atom is 0.341 e. The number of halogens is 1. The predicted octanol–water partition coefficient (Wildman–Crippen LogP) is 4.07. The van der Waals surface area contributed by atoms with E-state index in [1.807, 2.05) is 42.5 Å². The number of anilines is 2. The van der Waals surface area contributed by atoms with Crippen molar-refractivity contribution < 1.29 is 19.4 Å². The average molecular weight is 584 g/mol. The van der Waals surface area contributed by atoms with E-state index in [2.05, 4.69) is 21.8 Å². The quantitative estimate of drug-likeness (QED) is 0.251. The van der Waals surface area contributed by atoms with Gasteiger partial charge in [-0.3, -0.25) is 4.79 Å². The number of aromatic carboxylic acids is 1. The molecule has 0 aliphatic heterocycles. The van der Waals surface area contributed by atoms with Crippen LogP contribution >= 0.6 is 12.4 Å². The van der Waals surface area contributed by atoms with Crippen LogP contribution in [0.15, 0.2) is 77.9 Å². The summed E-state index contributed by atoms with van der Waals surface area (Å²) in [7, 11) is 3.07. The van der Waals surface area contributed by atoms with Crippen LogP contribution in [0.2, 0.25) is 0 Å². The lowest BCUT2D eigenvalue weighted by atomic mass is 10.0. The molecule has 0 radical (unpaired) electrons. The second-order valence-corrected chi connectivity index (χ2v) is 9.06. The minimum Gasteiger partial charge on any atom is -0.493 e. The molecule has 0 fully saturated rings. The number of hydrogen-bond donors (Lipinski definition) is 3. The molecule has 0 saturated heterocycles. The lowest BCUT2D eigenvalue weighted by molar-refractivity contribution is 0.0695. The molecule has 0 aliphatic rings. The van der Waals surface area contributed by atoms with Crippen LogP contribution in [-0.4, -0.2) is 39.8 Å². The Bertz CT molecular complexity index is 1930. The third-order valence-electron chi connectivity index (χ3n) is 6.46. The van der Waals surface area contributed by atoms with Crippen molar-refractivity contribution in [2.45, 2.75) is 6.42 Å². The lowest BCUT2D eigenvalue weighted by Crippen LogP contribution is -2.18. The Morgan fingerprint density at radius 1 is 1.02 bits per heavy atom. The Morgan fingerprint density at radius 2 is 1.79 bits per heavy atom. The molecular weight excluding hydrogens is 558 g/mol. The topological polar surface area (TPSA) is 156 Å². The number of carboxylic acids is 1. The third kappa shape index (κ3) is 5.82. The molecule has 5 aromatic rings. The summed E-state index contributed by atoms with van der Waals surface area (Å²) >= 11 is 0. The Morgan fingerprint density at radius 3 is 2.45 bits per heavy atom. The predicted molar refractivity (Wildman–Crippen MR) is 163 cm³/mol. The maximum atomic E-state index is 12.9. The Kier molecular flexibility index (Phi) is 8.64. The molecule has 5 N–H and O–H groups in total. The summed E-state index contributed by atoms with van der Waals surface area (Å²) < 4.78 is 12.8. The molecule has 0 unspecified atom stereocenters. The maximum absolute atomic E-state index is 12.9. The molecule has 2 heterocycles. The van der Waals surface area contributed by atoms with E-state index in [-0.39, 0.29) is 35.1 Å². The number of para-hydroxylation sites is 1. The largest absolute Gasteiger partial charge is 0.493 e. The fourth-order valence-electron chi connectivity index (χ4n) is 4.50. The summed E-state index contributed by atoms with van der Waals surface area (Å²) in [6, 6.07) is 17.9. The zero-order chi connectivity index (χ0) is 29.1. The van der Waals surface area contributed by atoms with E-state index in [0.29, 0.717) is 45.8 Å². The molecule has 10 nitrogen and oxygen atoms in total. The molecule has 11 heteroatoms. The van der Waals surface area contributed by atoms with Gasteiger partial charge in [0, 0.05) is 41.0 Å². The number of methoxy groups -OCH3 is 2. The van der Waals surface area contributed by atoms with Gasteiger partial charge in [-0.15, -0.1) is 12.4 Å². The fourth-order valence-corrected chi connectivity index (χ4v) is 4.50. The fraction of sp³-hybridized carbons (Fsp3) is 0.0968. The van der Waals surface area contributed by atoms with Crippen LogP contribution in [0, 0.1) is 11.8 Å². The number of nitrogen functional groups attached to an aromatic ring is 2. The minimum atomic E-state index is -1.29. The van der Waals surface area contributed by atoms with Gasteiger partial charge in [0.05, 0.1) is 25.3 Å². The first-order valence-electron chi connectivity index (χ1n) is 12.4. The number of benzene rings is 3. The van der Waals surface area contributed by atoms with Gasteiger partial charge in [0.1, 0.15) is 11.4 Å². The molecule has 0 bridgehead atoms. The Balaban J connectivity index is 0.00000405. The van der Waals surface area contributed by atoms with Crippen molar-refractivity contribution in [1.29, 1.82) is 0 Å². The van der Waals surface area contributed by atoms with Crippen LogP contribution in [0.5, 0.6) is 11.5 Å². The van der Waals surface area contributed by atoms with Gasteiger partial charge in [0.2, 0.25) is 11.4 Å². The van der Waals surface area contributed by atoms with Crippen molar-refractivity contribution in [3.05, 3.63) is 111 Å². The van der Waals surface area contributed by atoms with E-state index >= 15 is 0 Å². The summed E-state index contributed by atoms with van der Waals surface area (Å²) in [6.45, 7) is 0. The van der Waals surface area contributed by atoms with Crippen molar-refractivity contribution in [3.63, 3.8) is 0 Å². The SMILES string of the molecule is COc1cc(Cc2cnc(N)nc2N)cc(C#Cc2ccc3c(=O)c(C(=O)O)cn(-c4ccccc4)c3c2)c1OC.Cl. The zero-order valence-electron chi connectivity index (χ0n) is 22.6. The first kappa shape index (κ1) is 29.5. The average Bonchev–Trinajstić information content (AvgIpc) is 2.97. The number of rotatable bonds is 6. The summed E-state index contributed by atoms with van der Waals surface area (Å²) in [5, 5.41) is 9.89. The highest BCUT2D eigenvalue weighted by atomic mass is 35.5. The van der Waals surface area contributed by atoms with Crippen molar-refractivity contribution in [3.8, 4) is 29.0 Å². The molecule has 0 amide bonds. The molecule has 0 spiro atoms. The van der Waals surface area contributed by atoms with Gasteiger partial charge in [-0.2, -0.15) is 4.98 Å². The van der Waals surface area contributed by atoms with E-state index in [1.165, 1.54) is 20.4 Å². The summed E-state index contributed by atoms with van der Waals surface area (Å²) in [4.78, 5) is 32.8. The molecule has 3 aromatic carbocycles. The monoisotopic (exact) mass is 583 g/mol. The van der Waals surface area contributed by atoms with Gasteiger partial charge in [-0.1, -0.05) is 30.0 Å². The first-order chi connectivity index (χ1) is 19.8. The van der Waals surface area contributed by atoms with Crippen LogP contribution in [0.4, 0.5) is 11.8 Å². The Hall–Kier alpha value is -5.53. The minimum absolute atomic E-state index is 0. The smallest absolute Gasteiger partial charge is 0.341 e. The van der Waals surface area contributed by atoms with Gasteiger partial charge in [0.25, 0.3) is 0 Å². The van der Waals surface area contributed by atoms with Gasteiger partial charge in [-0.05, 0) is 48.0 Å². The van der Waals surface area contributed by atoms with Crippen molar-refractivity contribution >= 4 is 41.0 Å². The highest BCUT2D eigenvalue weighted by Crippen LogP contribution is 2.33. The standard InChI is InChI=1S/C31H25N5O5.ClH/c1-40-26-15-19(13-21-16-34-31(33)35-29(21)32)12-20(28(26)41-2)10-8-18-9-11-23-25(14-18)36(22-6-4-3-5-7-22)17-24(27(23)37)30(38)39;/h3-7,9,11-12,14-17H,13H2,1-2H3,(H,38,39)(H4,32,33,34,35);1H. The highest BCUT2D eigenvalue weighted by molar-refractivity contribution is 5.93. The summed E-state index contributed by atoms with van der Waals surface area (Å²) in [5.74, 6) is 6.33. The van der Waals surface area contributed by atoms with Crippen LogP contribution in [-0.2, 0) is 6.42 Å². The van der Waals surface area contributed by atoms with E-state index < -0.39 is 11.4 Å². The number of hydrogen-bond acceptors (Lipinski definition) is 8. The molecular formula is C31H26ClN5O5. The van der Waals surface area contributed by atoms with E-state index in [9.17, 15) is 14.7 Å². The van der Waals surface area contributed by atoms with Crippen LogP contribution < -0.4 is 26.4 Å². The van der Waals surface area contributed by atoms with E-state index in [0.717, 1.165) is 5.56 Å². The molecule has 5 rings (SSSR count). The molecule has 0 atom stereocenters. The van der Waals surface area contributed by atoms with E-state index in [4.69, 9.17) is 20.9 Å². The number of fused-ring (bicyclic) bond motifs is 1. The van der Waals surface area contributed by atoms with Crippen molar-refractivity contribution in [2.75, 3.05) is 25.7 Å². The van der Waals surface area contributed by atoms with Gasteiger partial charge in [0.15, 0.2) is 11.5 Å². The van der Waals surface area contributed by atoms with Crippen molar-refractivity contribution in [1.82, 2.24) is 14.5 Å². The molecule has 2 aromatic heterocycles. The van der Waals surface area contributed by atoms with Crippen LogP contribution in [0.1, 0.15) is 32.6 Å². The number of ether oxygens (including phenoxy) is 2. The van der Waals surface area contributed by atoms with Gasteiger partial charge in [-0.25, -0.2) is 9.78 Å². The third-order valence-corrected chi connectivity index (χ3v) is 6.46. The lowest BCUT2D eigenvalue weighted by Gasteiger charge is -2.13. The number of aromatic nitrogens is 3. The molecule has 0 aliphatic carbocycles. The first-order valence-corrected chi connectivity index (χ1v) is 12.4. The van der Waals surface area contributed by atoms with Gasteiger partial charge < -0.3 is 30.6 Å². The zero-order valence-corrected chi connectivity index (χ0v) is 23.4. The summed E-state index contributed by atoms with van der Waals surface area (Å²) in [5.41, 5.74) is 14.7. The van der Waals surface area contributed by atoms with Gasteiger partial charge >= 0.3 is 5.97 Å². The van der Waals surface area contributed by atoms with Crippen LogP contribution in [0.3, 0.4) is 0 Å².